The molecule has 24 heavy (non-hydrogen) atoms. The Hall–Kier alpha value is -2.21. The molecule has 4 rings (SSSR count). The van der Waals surface area contributed by atoms with Gasteiger partial charge in [0.05, 0.1) is 23.3 Å². The summed E-state index contributed by atoms with van der Waals surface area (Å²) in [6, 6.07) is 7.99. The molecular weight excluding hydrogens is 320 g/mol. The van der Waals surface area contributed by atoms with E-state index >= 15 is 0 Å². The maximum Gasteiger partial charge on any atom is 0.228 e. The molecule has 1 amide bonds. The van der Waals surface area contributed by atoms with Crippen LogP contribution >= 0.6 is 11.3 Å². The van der Waals surface area contributed by atoms with Crippen LogP contribution < -0.4 is 0 Å². The van der Waals surface area contributed by atoms with Crippen LogP contribution in [0, 0.1) is 6.92 Å². The van der Waals surface area contributed by atoms with E-state index in [2.05, 4.69) is 17.0 Å². The SMILES string of the molecule is Cc1cc2nccc([C@@]3(C)CCCN3C(=O)Cc3cccs3)n2n1. The van der Waals surface area contributed by atoms with Gasteiger partial charge in [-0.05, 0) is 44.2 Å². The number of carbonyl (C=O) groups is 1. The van der Waals surface area contributed by atoms with E-state index in [1.165, 1.54) is 0 Å². The van der Waals surface area contributed by atoms with Crippen molar-refractivity contribution in [3.8, 4) is 0 Å². The van der Waals surface area contributed by atoms with Gasteiger partial charge >= 0.3 is 0 Å². The minimum absolute atomic E-state index is 0.186. The summed E-state index contributed by atoms with van der Waals surface area (Å²) in [5.74, 6) is 0.186. The molecule has 1 aliphatic rings. The number of aryl methyl sites for hydroxylation is 1. The second-order valence-corrected chi connectivity index (χ2v) is 7.60. The van der Waals surface area contributed by atoms with Gasteiger partial charge in [0.1, 0.15) is 0 Å². The molecule has 3 aromatic heterocycles. The highest BCUT2D eigenvalue weighted by Gasteiger charge is 2.42. The van der Waals surface area contributed by atoms with E-state index in [4.69, 9.17) is 0 Å². The molecule has 0 saturated carbocycles. The van der Waals surface area contributed by atoms with Crippen molar-refractivity contribution in [2.75, 3.05) is 6.54 Å². The lowest BCUT2D eigenvalue weighted by molar-refractivity contribution is -0.134. The summed E-state index contributed by atoms with van der Waals surface area (Å²) >= 11 is 1.64. The fourth-order valence-corrected chi connectivity index (χ4v) is 4.40. The Morgan fingerprint density at radius 1 is 1.42 bits per heavy atom. The Morgan fingerprint density at radius 2 is 2.29 bits per heavy atom. The first-order chi connectivity index (χ1) is 11.6. The van der Waals surface area contributed by atoms with E-state index in [0.29, 0.717) is 6.42 Å². The van der Waals surface area contributed by atoms with Crippen molar-refractivity contribution in [2.45, 2.75) is 38.6 Å². The molecule has 0 radical (unpaired) electrons. The largest absolute Gasteiger partial charge is 0.331 e. The molecule has 0 N–H and O–H groups in total. The molecule has 4 heterocycles. The van der Waals surface area contributed by atoms with Gasteiger partial charge in [-0.15, -0.1) is 11.3 Å². The first-order valence-corrected chi connectivity index (χ1v) is 9.11. The molecule has 0 unspecified atom stereocenters. The number of likely N-dealkylation sites (tertiary alicyclic amines) is 1. The van der Waals surface area contributed by atoms with Crippen LogP contribution in [0.1, 0.15) is 36.0 Å². The van der Waals surface area contributed by atoms with E-state index in [0.717, 1.165) is 41.3 Å². The molecule has 5 nitrogen and oxygen atoms in total. The van der Waals surface area contributed by atoms with Crippen LogP contribution in [0.2, 0.25) is 0 Å². The number of aromatic nitrogens is 3. The van der Waals surface area contributed by atoms with Crippen LogP contribution in [0.15, 0.2) is 35.8 Å². The summed E-state index contributed by atoms with van der Waals surface area (Å²) in [5.41, 5.74) is 2.47. The number of nitrogens with zero attached hydrogens (tertiary/aromatic N) is 4. The second kappa shape index (κ2) is 5.70. The zero-order chi connectivity index (χ0) is 16.7. The predicted octanol–water partition coefficient (Wildman–Crippen LogP) is 3.18. The Morgan fingerprint density at radius 3 is 3.08 bits per heavy atom. The number of fused-ring (bicyclic) bond motifs is 1. The van der Waals surface area contributed by atoms with Crippen molar-refractivity contribution in [1.29, 1.82) is 0 Å². The highest BCUT2D eigenvalue weighted by molar-refractivity contribution is 7.10. The fraction of sp³-hybridized carbons (Fsp3) is 0.389. The maximum atomic E-state index is 12.9. The molecule has 0 spiro atoms. The fourth-order valence-electron chi connectivity index (χ4n) is 3.70. The van der Waals surface area contributed by atoms with Crippen molar-refractivity contribution in [3.63, 3.8) is 0 Å². The molecule has 0 aliphatic carbocycles. The monoisotopic (exact) mass is 340 g/mol. The van der Waals surface area contributed by atoms with Crippen molar-refractivity contribution < 1.29 is 4.79 Å². The van der Waals surface area contributed by atoms with Gasteiger partial charge in [0, 0.05) is 23.7 Å². The van der Waals surface area contributed by atoms with Crippen LogP contribution in [-0.4, -0.2) is 31.9 Å². The van der Waals surface area contributed by atoms with Crippen molar-refractivity contribution in [1.82, 2.24) is 19.5 Å². The minimum atomic E-state index is -0.339. The summed E-state index contributed by atoms with van der Waals surface area (Å²) in [5, 5.41) is 6.61. The van der Waals surface area contributed by atoms with Crippen LogP contribution in [-0.2, 0) is 16.8 Å². The first kappa shape index (κ1) is 15.3. The number of hydrogen-bond acceptors (Lipinski definition) is 4. The van der Waals surface area contributed by atoms with E-state index in [9.17, 15) is 4.79 Å². The van der Waals surface area contributed by atoms with E-state index in [-0.39, 0.29) is 11.4 Å². The lowest BCUT2D eigenvalue weighted by Gasteiger charge is -2.35. The quantitative estimate of drug-likeness (QED) is 0.736. The maximum absolute atomic E-state index is 12.9. The standard InChI is InChI=1S/C18H20N4OS/c1-13-11-16-19-8-6-15(22(16)20-13)18(2)7-4-9-21(18)17(23)12-14-5-3-10-24-14/h3,5-6,8,10-11H,4,7,9,12H2,1-2H3/t18-/m1/s1. The summed E-state index contributed by atoms with van der Waals surface area (Å²) < 4.78 is 1.89. The molecule has 0 bridgehead atoms. The number of carbonyl (C=O) groups excluding carboxylic acids is 1. The molecule has 3 aromatic rings. The number of amides is 1. The summed E-state index contributed by atoms with van der Waals surface area (Å²) in [7, 11) is 0. The third-order valence-electron chi connectivity index (χ3n) is 4.88. The summed E-state index contributed by atoms with van der Waals surface area (Å²) in [4.78, 5) is 20.5. The van der Waals surface area contributed by atoms with Gasteiger partial charge in [-0.3, -0.25) is 4.79 Å². The van der Waals surface area contributed by atoms with Gasteiger partial charge in [0.2, 0.25) is 5.91 Å². The molecule has 1 atom stereocenters. The van der Waals surface area contributed by atoms with Crippen molar-refractivity contribution in [2.24, 2.45) is 0 Å². The van der Waals surface area contributed by atoms with Gasteiger partial charge < -0.3 is 4.90 Å². The van der Waals surface area contributed by atoms with Crippen LogP contribution in [0.5, 0.6) is 0 Å². The van der Waals surface area contributed by atoms with Gasteiger partial charge in [0.15, 0.2) is 5.65 Å². The molecule has 0 aromatic carbocycles. The van der Waals surface area contributed by atoms with Gasteiger partial charge in [-0.25, -0.2) is 9.50 Å². The lowest BCUT2D eigenvalue weighted by atomic mass is 9.93. The predicted molar refractivity (Wildman–Crippen MR) is 94.0 cm³/mol. The molecule has 6 heteroatoms. The van der Waals surface area contributed by atoms with Crippen LogP contribution in [0.25, 0.3) is 5.65 Å². The molecule has 1 fully saturated rings. The smallest absolute Gasteiger partial charge is 0.228 e. The molecule has 1 saturated heterocycles. The van der Waals surface area contributed by atoms with Crippen LogP contribution in [0.4, 0.5) is 0 Å². The van der Waals surface area contributed by atoms with E-state index < -0.39 is 0 Å². The van der Waals surface area contributed by atoms with Crippen molar-refractivity contribution >= 4 is 22.9 Å². The zero-order valence-corrected chi connectivity index (χ0v) is 14.7. The highest BCUT2D eigenvalue weighted by Crippen LogP contribution is 2.38. The number of hydrogen-bond donors (Lipinski definition) is 0. The lowest BCUT2D eigenvalue weighted by Crippen LogP contribution is -2.44. The first-order valence-electron chi connectivity index (χ1n) is 8.23. The average molecular weight is 340 g/mol. The number of thiophene rings is 1. The number of rotatable bonds is 3. The molecule has 124 valence electrons. The second-order valence-electron chi connectivity index (χ2n) is 6.56. The Bertz CT molecular complexity index is 886. The van der Waals surface area contributed by atoms with Gasteiger partial charge in [-0.1, -0.05) is 6.07 Å². The normalized spacial score (nSPS) is 20.8. The van der Waals surface area contributed by atoms with Crippen LogP contribution in [0.3, 0.4) is 0 Å². The third kappa shape index (κ3) is 2.41. The summed E-state index contributed by atoms with van der Waals surface area (Å²) in [6.45, 7) is 4.91. The highest BCUT2D eigenvalue weighted by atomic mass is 32.1. The van der Waals surface area contributed by atoms with E-state index in [1.807, 2.05) is 52.2 Å². The Balaban J connectivity index is 1.72. The summed E-state index contributed by atoms with van der Waals surface area (Å²) in [6.07, 6.45) is 4.24. The van der Waals surface area contributed by atoms with Gasteiger partial charge in [-0.2, -0.15) is 5.10 Å². The molecular formula is C18H20N4OS. The van der Waals surface area contributed by atoms with E-state index in [1.54, 1.807) is 11.3 Å². The van der Waals surface area contributed by atoms with Gasteiger partial charge in [0.25, 0.3) is 0 Å². The molecule has 1 aliphatic heterocycles. The Kier molecular flexibility index (Phi) is 3.64. The van der Waals surface area contributed by atoms with Crippen molar-refractivity contribution in [3.05, 3.63) is 52.1 Å². The Labute approximate surface area is 144 Å². The third-order valence-corrected chi connectivity index (χ3v) is 5.76. The minimum Gasteiger partial charge on any atom is -0.331 e. The zero-order valence-electron chi connectivity index (χ0n) is 13.9. The average Bonchev–Trinajstić information content (AvgIpc) is 3.25. The topological polar surface area (TPSA) is 50.5 Å².